The molecule has 0 atom stereocenters. The van der Waals surface area contributed by atoms with Crippen LogP contribution in [0.15, 0.2) is 6.07 Å². The van der Waals surface area contributed by atoms with Crippen LogP contribution >= 0.6 is 15.9 Å². The summed E-state index contributed by atoms with van der Waals surface area (Å²) in [6, 6.07) is 2.33. The number of carbonyl (C=O) groups excluding carboxylic acids is 1. The van der Waals surface area contributed by atoms with Gasteiger partial charge in [0.1, 0.15) is 5.69 Å². The van der Waals surface area contributed by atoms with Crippen LogP contribution in [-0.4, -0.2) is 38.5 Å². The second-order valence-corrected chi connectivity index (χ2v) is 5.20. The number of aromatic nitrogens is 2. The number of nitrogens with zero attached hydrogens (tertiary/aromatic N) is 3. The summed E-state index contributed by atoms with van der Waals surface area (Å²) in [7, 11) is 0. The number of amides is 1. The van der Waals surface area contributed by atoms with Crippen LogP contribution in [0.5, 0.6) is 0 Å². The van der Waals surface area contributed by atoms with E-state index in [0.29, 0.717) is 6.04 Å². The maximum Gasteiger partial charge on any atom is 0.272 e. The van der Waals surface area contributed by atoms with Gasteiger partial charge in [-0.05, 0) is 32.8 Å². The molecule has 0 bridgehead atoms. The van der Waals surface area contributed by atoms with E-state index in [4.69, 9.17) is 0 Å². The molecule has 0 saturated heterocycles. The van der Waals surface area contributed by atoms with Crippen molar-refractivity contribution in [2.75, 3.05) is 11.9 Å². The summed E-state index contributed by atoms with van der Waals surface area (Å²) in [5.41, 5.74) is 1.63. The van der Waals surface area contributed by atoms with Crippen molar-refractivity contribution in [3.63, 3.8) is 0 Å². The van der Waals surface area contributed by atoms with E-state index in [-0.39, 0.29) is 5.91 Å². The monoisotopic (exact) mass is 299 g/mol. The average Bonchev–Trinajstić information content (AvgIpc) is 3.08. The Labute approximate surface area is 110 Å². The number of halogens is 1. The first-order chi connectivity index (χ1) is 8.17. The van der Waals surface area contributed by atoms with Crippen molar-refractivity contribution in [1.82, 2.24) is 14.7 Å². The molecule has 0 spiro atoms. The third-order valence-electron chi connectivity index (χ3n) is 2.99. The molecule has 1 aliphatic carbocycles. The molecule has 1 aliphatic rings. The minimum Gasteiger partial charge on any atom is -0.334 e. The van der Waals surface area contributed by atoms with Crippen LogP contribution in [0.3, 0.4) is 0 Å². The zero-order valence-corrected chi connectivity index (χ0v) is 11.9. The van der Waals surface area contributed by atoms with Gasteiger partial charge in [-0.3, -0.25) is 9.48 Å². The standard InChI is InChI=1S/C12H18BrN3O/c1-3-16-11(8-9(2)14-16)12(17)15(7-6-13)10-4-5-10/h8,10H,3-7H2,1-2H3. The molecule has 0 unspecified atom stereocenters. The molecule has 2 rings (SSSR count). The first-order valence-electron chi connectivity index (χ1n) is 6.08. The van der Waals surface area contributed by atoms with Crippen molar-refractivity contribution in [3.8, 4) is 0 Å². The van der Waals surface area contributed by atoms with Crippen LogP contribution in [0.4, 0.5) is 0 Å². The fourth-order valence-corrected chi connectivity index (χ4v) is 2.42. The summed E-state index contributed by atoms with van der Waals surface area (Å²) < 4.78 is 1.79. The van der Waals surface area contributed by atoms with Gasteiger partial charge in [-0.25, -0.2) is 0 Å². The zero-order chi connectivity index (χ0) is 12.4. The summed E-state index contributed by atoms with van der Waals surface area (Å²) >= 11 is 3.41. The van der Waals surface area contributed by atoms with Gasteiger partial charge in [-0.2, -0.15) is 5.10 Å². The molecular formula is C12H18BrN3O. The van der Waals surface area contributed by atoms with Gasteiger partial charge in [0.05, 0.1) is 5.69 Å². The highest BCUT2D eigenvalue weighted by Gasteiger charge is 2.33. The Balaban J connectivity index is 2.21. The highest BCUT2D eigenvalue weighted by Crippen LogP contribution is 2.28. The third kappa shape index (κ3) is 2.70. The Kier molecular flexibility index (Phi) is 3.86. The van der Waals surface area contributed by atoms with Crippen molar-refractivity contribution >= 4 is 21.8 Å². The fraction of sp³-hybridized carbons (Fsp3) is 0.667. The van der Waals surface area contributed by atoms with Crippen molar-refractivity contribution < 1.29 is 4.79 Å². The lowest BCUT2D eigenvalue weighted by Gasteiger charge is -2.21. The van der Waals surface area contributed by atoms with Gasteiger partial charge in [0.25, 0.3) is 5.91 Å². The van der Waals surface area contributed by atoms with Crippen LogP contribution in [0.2, 0.25) is 0 Å². The fourth-order valence-electron chi connectivity index (χ4n) is 2.03. The quantitative estimate of drug-likeness (QED) is 0.782. The minimum atomic E-state index is 0.120. The lowest BCUT2D eigenvalue weighted by Crippen LogP contribution is -2.36. The summed E-state index contributed by atoms with van der Waals surface area (Å²) in [6.07, 6.45) is 2.27. The van der Waals surface area contributed by atoms with Crippen LogP contribution in [0.1, 0.15) is 35.9 Å². The van der Waals surface area contributed by atoms with Crippen LogP contribution in [0.25, 0.3) is 0 Å². The molecule has 0 aliphatic heterocycles. The smallest absolute Gasteiger partial charge is 0.272 e. The van der Waals surface area contributed by atoms with E-state index in [1.807, 2.05) is 24.8 Å². The van der Waals surface area contributed by atoms with E-state index in [2.05, 4.69) is 21.0 Å². The number of hydrogen-bond donors (Lipinski definition) is 0. The molecule has 1 aromatic rings. The highest BCUT2D eigenvalue weighted by atomic mass is 79.9. The highest BCUT2D eigenvalue weighted by molar-refractivity contribution is 9.09. The Hall–Kier alpha value is -0.840. The lowest BCUT2D eigenvalue weighted by molar-refractivity contribution is 0.0742. The van der Waals surface area contributed by atoms with Crippen molar-refractivity contribution in [2.45, 2.75) is 39.3 Å². The Morgan fingerprint density at radius 2 is 2.35 bits per heavy atom. The van der Waals surface area contributed by atoms with E-state index < -0.39 is 0 Å². The van der Waals surface area contributed by atoms with E-state index in [0.717, 1.165) is 42.6 Å². The van der Waals surface area contributed by atoms with Gasteiger partial charge in [0.15, 0.2) is 0 Å². The summed E-state index contributed by atoms with van der Waals surface area (Å²) in [5, 5.41) is 5.16. The normalized spacial score (nSPS) is 15.0. The number of carbonyl (C=O) groups is 1. The third-order valence-corrected chi connectivity index (χ3v) is 3.35. The molecule has 0 N–H and O–H groups in total. The number of alkyl halides is 1. The SMILES string of the molecule is CCn1nc(C)cc1C(=O)N(CCBr)C1CC1. The van der Waals surface area contributed by atoms with Gasteiger partial charge < -0.3 is 4.90 Å². The van der Waals surface area contributed by atoms with Gasteiger partial charge >= 0.3 is 0 Å². The second-order valence-electron chi connectivity index (χ2n) is 4.41. The zero-order valence-electron chi connectivity index (χ0n) is 10.3. The largest absolute Gasteiger partial charge is 0.334 e. The number of rotatable bonds is 5. The molecule has 0 radical (unpaired) electrons. The molecule has 4 nitrogen and oxygen atoms in total. The predicted octanol–water partition coefficient (Wildman–Crippen LogP) is 2.21. The van der Waals surface area contributed by atoms with Gasteiger partial charge in [0.2, 0.25) is 0 Å². The first-order valence-corrected chi connectivity index (χ1v) is 7.21. The van der Waals surface area contributed by atoms with Crippen molar-refractivity contribution in [2.24, 2.45) is 0 Å². The van der Waals surface area contributed by atoms with Crippen LogP contribution < -0.4 is 0 Å². The summed E-state index contributed by atoms with van der Waals surface area (Å²) in [6.45, 7) is 5.45. The van der Waals surface area contributed by atoms with Gasteiger partial charge in [0, 0.05) is 24.5 Å². The molecule has 1 saturated carbocycles. The maximum atomic E-state index is 12.5. The van der Waals surface area contributed by atoms with Crippen LogP contribution in [-0.2, 0) is 6.54 Å². The minimum absolute atomic E-state index is 0.120. The average molecular weight is 300 g/mol. The van der Waals surface area contributed by atoms with Crippen LogP contribution in [0, 0.1) is 6.92 Å². The van der Waals surface area contributed by atoms with Crippen molar-refractivity contribution in [3.05, 3.63) is 17.5 Å². The summed E-state index contributed by atoms with van der Waals surface area (Å²) in [5.74, 6) is 0.120. The summed E-state index contributed by atoms with van der Waals surface area (Å²) in [4.78, 5) is 14.4. The molecular weight excluding hydrogens is 282 g/mol. The predicted molar refractivity (Wildman–Crippen MR) is 70.5 cm³/mol. The van der Waals surface area contributed by atoms with E-state index >= 15 is 0 Å². The Morgan fingerprint density at radius 1 is 1.65 bits per heavy atom. The second kappa shape index (κ2) is 5.21. The first kappa shape index (κ1) is 12.6. The molecule has 1 heterocycles. The molecule has 0 aromatic carbocycles. The van der Waals surface area contributed by atoms with E-state index in [1.165, 1.54) is 0 Å². The van der Waals surface area contributed by atoms with E-state index in [9.17, 15) is 4.79 Å². The molecule has 1 fully saturated rings. The number of hydrogen-bond acceptors (Lipinski definition) is 2. The molecule has 1 aromatic heterocycles. The maximum absolute atomic E-state index is 12.5. The number of aryl methyl sites for hydroxylation is 2. The molecule has 17 heavy (non-hydrogen) atoms. The molecule has 5 heteroatoms. The lowest BCUT2D eigenvalue weighted by atomic mass is 10.3. The van der Waals surface area contributed by atoms with E-state index in [1.54, 1.807) is 4.68 Å². The Morgan fingerprint density at radius 3 is 2.88 bits per heavy atom. The van der Waals surface area contributed by atoms with Crippen molar-refractivity contribution in [1.29, 1.82) is 0 Å². The molecule has 1 amide bonds. The van der Waals surface area contributed by atoms with Gasteiger partial charge in [-0.1, -0.05) is 15.9 Å². The topological polar surface area (TPSA) is 38.1 Å². The van der Waals surface area contributed by atoms with Gasteiger partial charge in [-0.15, -0.1) is 0 Å². The Bertz CT molecular complexity index is 412. The molecule has 94 valence electrons.